The molecular weight excluding hydrogens is 284 g/mol. The number of benzene rings is 1. The van der Waals surface area contributed by atoms with Gasteiger partial charge in [0.25, 0.3) is 0 Å². The third-order valence-corrected chi connectivity index (χ3v) is 4.31. The Morgan fingerprint density at radius 3 is 2.32 bits per heavy atom. The summed E-state index contributed by atoms with van der Waals surface area (Å²) in [6, 6.07) is 3.98. The molecular formula is C16H21BFNO3. The molecule has 0 atom stereocenters. The number of aldehydes is 1. The Balaban J connectivity index is 2.38. The Morgan fingerprint density at radius 2 is 1.82 bits per heavy atom. The summed E-state index contributed by atoms with van der Waals surface area (Å²) in [6.45, 7) is 7.96. The molecule has 22 heavy (non-hydrogen) atoms. The predicted octanol–water partition coefficient (Wildman–Crippen LogP) is 2.61. The first-order valence-electron chi connectivity index (χ1n) is 7.21. The Kier molecular flexibility index (Phi) is 4.56. The van der Waals surface area contributed by atoms with Crippen LogP contribution in [0.15, 0.2) is 23.7 Å². The second-order valence-corrected chi connectivity index (χ2v) is 6.40. The van der Waals surface area contributed by atoms with Gasteiger partial charge in [-0.25, -0.2) is 4.39 Å². The van der Waals surface area contributed by atoms with Crippen LogP contribution in [0.2, 0.25) is 0 Å². The highest BCUT2D eigenvalue weighted by Gasteiger charge is 2.52. The van der Waals surface area contributed by atoms with Gasteiger partial charge in [0.05, 0.1) is 11.2 Å². The number of hydrogen-bond acceptors (Lipinski definition) is 4. The minimum atomic E-state index is -0.613. The van der Waals surface area contributed by atoms with E-state index < -0.39 is 24.1 Å². The van der Waals surface area contributed by atoms with E-state index in [2.05, 4.69) is 0 Å². The number of hydrogen-bond donors (Lipinski definition) is 1. The molecule has 0 radical (unpaired) electrons. The molecule has 1 aromatic rings. The third-order valence-electron chi connectivity index (χ3n) is 4.31. The summed E-state index contributed by atoms with van der Waals surface area (Å²) in [4.78, 5) is 11.1. The summed E-state index contributed by atoms with van der Waals surface area (Å²) >= 11 is 0. The summed E-state index contributed by atoms with van der Waals surface area (Å²) in [5.74, 6) is -0.415. The van der Waals surface area contributed by atoms with Crippen LogP contribution in [0.5, 0.6) is 0 Å². The molecule has 1 aromatic carbocycles. The van der Waals surface area contributed by atoms with Crippen LogP contribution in [0.1, 0.15) is 43.6 Å². The molecule has 0 saturated carbocycles. The number of halogens is 1. The molecule has 0 spiro atoms. The lowest BCUT2D eigenvalue weighted by Crippen LogP contribution is -2.41. The number of nitrogens with two attached hydrogens (primary N) is 1. The highest BCUT2D eigenvalue weighted by Crippen LogP contribution is 2.38. The highest BCUT2D eigenvalue weighted by atomic mass is 19.1. The smallest absolute Gasteiger partial charge is 0.400 e. The molecule has 1 heterocycles. The zero-order chi connectivity index (χ0) is 16.5. The highest BCUT2D eigenvalue weighted by molar-refractivity contribution is 6.56. The molecule has 2 rings (SSSR count). The average molecular weight is 305 g/mol. The summed E-state index contributed by atoms with van der Waals surface area (Å²) in [7, 11) is -0.613. The van der Waals surface area contributed by atoms with Crippen LogP contribution in [-0.4, -0.2) is 31.2 Å². The second-order valence-electron chi connectivity index (χ2n) is 6.40. The van der Waals surface area contributed by atoms with Crippen molar-refractivity contribution in [2.45, 2.75) is 38.9 Å². The van der Waals surface area contributed by atoms with E-state index in [1.165, 1.54) is 18.2 Å². The first-order valence-corrected chi connectivity index (χ1v) is 7.21. The molecule has 2 N–H and O–H groups in total. The quantitative estimate of drug-likeness (QED) is 0.686. The van der Waals surface area contributed by atoms with Gasteiger partial charge >= 0.3 is 7.12 Å². The van der Waals surface area contributed by atoms with E-state index in [0.29, 0.717) is 22.9 Å². The van der Waals surface area contributed by atoms with Crippen molar-refractivity contribution >= 4 is 19.5 Å². The molecule has 0 aliphatic carbocycles. The second kappa shape index (κ2) is 5.95. The van der Waals surface area contributed by atoms with Crippen LogP contribution in [-0.2, 0) is 9.31 Å². The molecule has 6 heteroatoms. The van der Waals surface area contributed by atoms with Gasteiger partial charge in [-0.15, -0.1) is 0 Å². The molecule has 0 aromatic heterocycles. The minimum absolute atomic E-state index is 0.186. The van der Waals surface area contributed by atoms with E-state index in [4.69, 9.17) is 15.0 Å². The van der Waals surface area contributed by atoms with Crippen LogP contribution in [0.4, 0.5) is 4.39 Å². The Labute approximate surface area is 130 Å². The average Bonchev–Trinajstić information content (AvgIpc) is 2.64. The summed E-state index contributed by atoms with van der Waals surface area (Å²) in [5.41, 5.74) is 6.34. The standard InChI is InChI=1S/C16H21BFNO3/c1-15(2)16(3,4)22-17(21-15)13(9-19)7-12-8-14(18)6-5-11(12)10-20/h5-8,10H,9,19H2,1-4H3. The van der Waals surface area contributed by atoms with Gasteiger partial charge in [0.1, 0.15) is 5.82 Å². The predicted molar refractivity (Wildman–Crippen MR) is 84.9 cm³/mol. The van der Waals surface area contributed by atoms with E-state index >= 15 is 0 Å². The maximum absolute atomic E-state index is 13.4. The van der Waals surface area contributed by atoms with Crippen LogP contribution in [0.25, 0.3) is 6.08 Å². The monoisotopic (exact) mass is 305 g/mol. The fourth-order valence-corrected chi connectivity index (χ4v) is 2.20. The van der Waals surface area contributed by atoms with Crippen molar-refractivity contribution in [1.82, 2.24) is 0 Å². The molecule has 0 bridgehead atoms. The molecule has 0 unspecified atom stereocenters. The first kappa shape index (κ1) is 16.9. The fourth-order valence-electron chi connectivity index (χ4n) is 2.20. The van der Waals surface area contributed by atoms with E-state index in [9.17, 15) is 9.18 Å². The van der Waals surface area contributed by atoms with Gasteiger partial charge in [0, 0.05) is 12.1 Å². The van der Waals surface area contributed by atoms with Crippen molar-refractivity contribution in [3.63, 3.8) is 0 Å². The zero-order valence-corrected chi connectivity index (χ0v) is 13.4. The van der Waals surface area contributed by atoms with Crippen molar-refractivity contribution in [1.29, 1.82) is 0 Å². The number of carbonyl (C=O) groups is 1. The largest absolute Gasteiger partial charge is 0.491 e. The van der Waals surface area contributed by atoms with E-state index in [-0.39, 0.29) is 6.54 Å². The van der Waals surface area contributed by atoms with Crippen molar-refractivity contribution in [2.24, 2.45) is 5.73 Å². The van der Waals surface area contributed by atoms with Crippen LogP contribution >= 0.6 is 0 Å². The van der Waals surface area contributed by atoms with Crippen LogP contribution in [0.3, 0.4) is 0 Å². The lowest BCUT2D eigenvalue weighted by atomic mass is 9.77. The summed E-state index contributed by atoms with van der Waals surface area (Å²) in [5, 5.41) is 0. The number of carbonyl (C=O) groups excluding carboxylic acids is 1. The van der Waals surface area contributed by atoms with Gasteiger partial charge in [0.2, 0.25) is 0 Å². The summed E-state index contributed by atoms with van der Waals surface area (Å²) in [6.07, 6.45) is 2.35. The summed E-state index contributed by atoms with van der Waals surface area (Å²) < 4.78 is 25.3. The van der Waals surface area contributed by atoms with Crippen molar-refractivity contribution < 1.29 is 18.5 Å². The van der Waals surface area contributed by atoms with Gasteiger partial charge in [-0.3, -0.25) is 4.79 Å². The molecule has 1 saturated heterocycles. The normalized spacial score (nSPS) is 20.3. The minimum Gasteiger partial charge on any atom is -0.400 e. The van der Waals surface area contributed by atoms with Crippen LogP contribution < -0.4 is 5.73 Å². The lowest BCUT2D eigenvalue weighted by molar-refractivity contribution is 0.00578. The number of rotatable bonds is 4. The van der Waals surface area contributed by atoms with E-state index in [0.717, 1.165) is 0 Å². The molecule has 1 aliphatic rings. The maximum atomic E-state index is 13.4. The molecule has 0 amide bonds. The van der Waals surface area contributed by atoms with E-state index in [1.54, 1.807) is 6.08 Å². The fraction of sp³-hybridized carbons (Fsp3) is 0.438. The lowest BCUT2D eigenvalue weighted by Gasteiger charge is -2.32. The molecule has 118 valence electrons. The topological polar surface area (TPSA) is 61.5 Å². The Morgan fingerprint density at radius 1 is 1.23 bits per heavy atom. The zero-order valence-electron chi connectivity index (χ0n) is 13.4. The van der Waals surface area contributed by atoms with E-state index in [1.807, 2.05) is 27.7 Å². The van der Waals surface area contributed by atoms with Gasteiger partial charge in [0.15, 0.2) is 6.29 Å². The van der Waals surface area contributed by atoms with Gasteiger partial charge in [-0.1, -0.05) is 6.08 Å². The van der Waals surface area contributed by atoms with Crippen LogP contribution in [0, 0.1) is 5.82 Å². The van der Waals surface area contributed by atoms with Gasteiger partial charge in [-0.2, -0.15) is 0 Å². The SMILES string of the molecule is CC1(C)OB(C(=Cc2cc(F)ccc2C=O)CN)OC1(C)C. The molecule has 1 aliphatic heterocycles. The molecule has 1 fully saturated rings. The Hall–Kier alpha value is -1.50. The van der Waals surface area contributed by atoms with Crippen molar-refractivity contribution in [3.8, 4) is 0 Å². The maximum Gasteiger partial charge on any atom is 0.491 e. The first-order chi connectivity index (χ1) is 10.2. The molecule has 4 nitrogen and oxygen atoms in total. The van der Waals surface area contributed by atoms with Gasteiger partial charge in [-0.05, 0) is 56.9 Å². The van der Waals surface area contributed by atoms with Crippen molar-refractivity contribution in [2.75, 3.05) is 6.54 Å². The third kappa shape index (κ3) is 3.14. The Bertz CT molecular complexity index is 597. The van der Waals surface area contributed by atoms with Gasteiger partial charge < -0.3 is 15.0 Å². The van der Waals surface area contributed by atoms with Crippen molar-refractivity contribution in [3.05, 3.63) is 40.6 Å².